The van der Waals surface area contributed by atoms with Crippen LogP contribution in [0.1, 0.15) is 32.8 Å². The van der Waals surface area contributed by atoms with E-state index in [1.807, 2.05) is 13.1 Å². The predicted molar refractivity (Wildman–Crippen MR) is 72.6 cm³/mol. The quantitative estimate of drug-likeness (QED) is 0.606. The van der Waals surface area contributed by atoms with Crippen LogP contribution in [0.15, 0.2) is 18.3 Å². The average molecular weight is 234 g/mol. The van der Waals surface area contributed by atoms with Crippen molar-refractivity contribution in [1.29, 1.82) is 5.41 Å². The van der Waals surface area contributed by atoms with Gasteiger partial charge in [0.1, 0.15) is 11.7 Å². The molecule has 94 valence electrons. The fourth-order valence-electron chi connectivity index (χ4n) is 1.94. The second-order valence-electron chi connectivity index (χ2n) is 4.88. The summed E-state index contributed by atoms with van der Waals surface area (Å²) in [5, 5.41) is 7.56. The van der Waals surface area contributed by atoms with Crippen LogP contribution in [-0.2, 0) is 0 Å². The summed E-state index contributed by atoms with van der Waals surface area (Å²) in [4.78, 5) is 6.43. The Morgan fingerprint density at radius 3 is 2.65 bits per heavy atom. The number of hydrogen-bond acceptors (Lipinski definition) is 3. The monoisotopic (exact) mass is 234 g/mol. The lowest BCUT2D eigenvalue weighted by atomic mass is 10.0. The van der Waals surface area contributed by atoms with Gasteiger partial charge in [0, 0.05) is 19.3 Å². The summed E-state index contributed by atoms with van der Waals surface area (Å²) in [6, 6.07) is 4.02. The Labute approximate surface area is 103 Å². The van der Waals surface area contributed by atoms with E-state index in [-0.39, 0.29) is 5.84 Å². The van der Waals surface area contributed by atoms with Crippen LogP contribution in [0.5, 0.6) is 0 Å². The third-order valence-electron chi connectivity index (χ3n) is 2.88. The molecule has 4 nitrogen and oxygen atoms in total. The minimum absolute atomic E-state index is 0.0664. The summed E-state index contributed by atoms with van der Waals surface area (Å²) < 4.78 is 0. The number of nitrogens with two attached hydrogens (primary N) is 1. The molecular weight excluding hydrogens is 212 g/mol. The molecule has 0 aliphatic carbocycles. The largest absolute Gasteiger partial charge is 0.384 e. The van der Waals surface area contributed by atoms with Gasteiger partial charge in [-0.05, 0) is 31.4 Å². The minimum atomic E-state index is 0.0664. The maximum Gasteiger partial charge on any atom is 0.139 e. The fourth-order valence-corrected chi connectivity index (χ4v) is 1.94. The van der Waals surface area contributed by atoms with E-state index in [9.17, 15) is 0 Å². The van der Waals surface area contributed by atoms with Gasteiger partial charge in [0.15, 0.2) is 0 Å². The number of amidine groups is 1. The molecule has 0 radical (unpaired) electrons. The first-order valence-corrected chi connectivity index (χ1v) is 5.95. The smallest absolute Gasteiger partial charge is 0.139 e. The molecule has 0 aliphatic rings. The average Bonchev–Trinajstić information content (AvgIpc) is 2.27. The van der Waals surface area contributed by atoms with Crippen LogP contribution in [0, 0.1) is 11.3 Å². The Kier molecular flexibility index (Phi) is 4.49. The standard InChI is InChI=1S/C13H22N4/c1-9(2)8-10(3)17(4)13-11(12(14)15)6-5-7-16-13/h5-7,9-10H,8H2,1-4H3,(H3,14,15). The molecule has 1 rings (SSSR count). The highest BCUT2D eigenvalue weighted by molar-refractivity contribution is 5.99. The predicted octanol–water partition coefficient (Wildman–Crippen LogP) is 2.24. The molecule has 0 aromatic carbocycles. The lowest BCUT2D eigenvalue weighted by Gasteiger charge is -2.28. The summed E-state index contributed by atoms with van der Waals surface area (Å²) in [6.45, 7) is 6.57. The minimum Gasteiger partial charge on any atom is -0.384 e. The number of nitrogens with zero attached hydrogens (tertiary/aromatic N) is 2. The number of rotatable bonds is 5. The topological polar surface area (TPSA) is 66.0 Å². The lowest BCUT2D eigenvalue weighted by molar-refractivity contribution is 0.502. The zero-order chi connectivity index (χ0) is 13.0. The van der Waals surface area contributed by atoms with Gasteiger partial charge in [-0.1, -0.05) is 13.8 Å². The Hall–Kier alpha value is -1.58. The summed E-state index contributed by atoms with van der Waals surface area (Å²) in [5.41, 5.74) is 6.27. The van der Waals surface area contributed by atoms with Gasteiger partial charge in [-0.25, -0.2) is 4.98 Å². The van der Waals surface area contributed by atoms with Crippen molar-refractivity contribution in [2.75, 3.05) is 11.9 Å². The summed E-state index contributed by atoms with van der Waals surface area (Å²) in [5.74, 6) is 1.49. The molecule has 0 fully saturated rings. The molecule has 0 spiro atoms. The third-order valence-corrected chi connectivity index (χ3v) is 2.88. The van der Waals surface area contributed by atoms with E-state index in [4.69, 9.17) is 11.1 Å². The van der Waals surface area contributed by atoms with Gasteiger partial charge in [-0.2, -0.15) is 0 Å². The number of nitrogens with one attached hydrogen (secondary N) is 1. The van der Waals surface area contributed by atoms with Gasteiger partial charge in [-0.3, -0.25) is 5.41 Å². The van der Waals surface area contributed by atoms with E-state index in [1.165, 1.54) is 0 Å². The van der Waals surface area contributed by atoms with Crippen LogP contribution >= 0.6 is 0 Å². The number of hydrogen-bond donors (Lipinski definition) is 2. The van der Waals surface area contributed by atoms with Gasteiger partial charge in [-0.15, -0.1) is 0 Å². The normalized spacial score (nSPS) is 12.5. The molecule has 1 unspecified atom stereocenters. The Balaban J connectivity index is 2.95. The van der Waals surface area contributed by atoms with E-state index in [0.29, 0.717) is 17.5 Å². The van der Waals surface area contributed by atoms with Crippen molar-refractivity contribution in [2.45, 2.75) is 33.2 Å². The lowest BCUT2D eigenvalue weighted by Crippen LogP contribution is -2.32. The van der Waals surface area contributed by atoms with E-state index in [2.05, 4.69) is 30.7 Å². The Bertz CT molecular complexity index is 387. The van der Waals surface area contributed by atoms with E-state index < -0.39 is 0 Å². The molecule has 3 N–H and O–H groups in total. The molecule has 1 aromatic rings. The van der Waals surface area contributed by atoms with Crippen LogP contribution in [0.2, 0.25) is 0 Å². The van der Waals surface area contributed by atoms with Gasteiger partial charge in [0.25, 0.3) is 0 Å². The molecule has 1 aromatic heterocycles. The van der Waals surface area contributed by atoms with E-state index in [1.54, 1.807) is 12.3 Å². The highest BCUT2D eigenvalue weighted by Crippen LogP contribution is 2.20. The number of aromatic nitrogens is 1. The van der Waals surface area contributed by atoms with Gasteiger partial charge in [0.2, 0.25) is 0 Å². The van der Waals surface area contributed by atoms with Gasteiger partial charge >= 0.3 is 0 Å². The second-order valence-corrected chi connectivity index (χ2v) is 4.88. The first kappa shape index (κ1) is 13.5. The molecule has 0 aliphatic heterocycles. The SMILES string of the molecule is CC(C)CC(C)N(C)c1ncccc1C(=N)N. The Morgan fingerprint density at radius 1 is 1.47 bits per heavy atom. The van der Waals surface area contributed by atoms with Crippen molar-refractivity contribution in [2.24, 2.45) is 11.7 Å². The first-order chi connectivity index (χ1) is 7.93. The van der Waals surface area contributed by atoms with Crippen LogP contribution in [0.4, 0.5) is 5.82 Å². The van der Waals surface area contributed by atoms with Crippen LogP contribution < -0.4 is 10.6 Å². The second kappa shape index (κ2) is 5.66. The molecule has 0 saturated heterocycles. The summed E-state index contributed by atoms with van der Waals surface area (Å²) in [7, 11) is 2.00. The highest BCUT2D eigenvalue weighted by atomic mass is 15.2. The molecule has 4 heteroatoms. The molecule has 17 heavy (non-hydrogen) atoms. The fraction of sp³-hybridized carbons (Fsp3) is 0.538. The van der Waals surface area contributed by atoms with Crippen LogP contribution in [0.25, 0.3) is 0 Å². The summed E-state index contributed by atoms with van der Waals surface area (Å²) >= 11 is 0. The maximum absolute atomic E-state index is 7.56. The van der Waals surface area contributed by atoms with Crippen molar-refractivity contribution in [3.8, 4) is 0 Å². The molecular formula is C13H22N4. The van der Waals surface area contributed by atoms with Crippen molar-refractivity contribution in [3.63, 3.8) is 0 Å². The first-order valence-electron chi connectivity index (χ1n) is 5.95. The molecule has 0 amide bonds. The summed E-state index contributed by atoms with van der Waals surface area (Å²) in [6.07, 6.45) is 2.82. The zero-order valence-electron chi connectivity index (χ0n) is 11.1. The maximum atomic E-state index is 7.56. The third kappa shape index (κ3) is 3.44. The van der Waals surface area contributed by atoms with E-state index in [0.717, 1.165) is 12.2 Å². The van der Waals surface area contributed by atoms with Crippen molar-refractivity contribution in [1.82, 2.24) is 4.98 Å². The molecule has 1 heterocycles. The number of pyridine rings is 1. The van der Waals surface area contributed by atoms with E-state index >= 15 is 0 Å². The Morgan fingerprint density at radius 2 is 2.12 bits per heavy atom. The highest BCUT2D eigenvalue weighted by Gasteiger charge is 2.16. The molecule has 1 atom stereocenters. The van der Waals surface area contributed by atoms with Gasteiger partial charge in [0.05, 0.1) is 5.56 Å². The van der Waals surface area contributed by atoms with Crippen LogP contribution in [-0.4, -0.2) is 23.9 Å². The van der Waals surface area contributed by atoms with Crippen LogP contribution in [0.3, 0.4) is 0 Å². The van der Waals surface area contributed by atoms with Crippen molar-refractivity contribution in [3.05, 3.63) is 23.9 Å². The van der Waals surface area contributed by atoms with Crippen molar-refractivity contribution >= 4 is 11.7 Å². The molecule has 0 saturated carbocycles. The van der Waals surface area contributed by atoms with Gasteiger partial charge < -0.3 is 10.6 Å². The van der Waals surface area contributed by atoms with Crippen molar-refractivity contribution < 1.29 is 0 Å². The zero-order valence-corrected chi connectivity index (χ0v) is 11.1. The number of anilines is 1. The number of nitrogen functional groups attached to an aromatic ring is 1. The molecule has 0 bridgehead atoms.